The average Bonchev–Trinajstić information content (AvgIpc) is 2.74. The average molecular weight is 338 g/mol. The van der Waals surface area contributed by atoms with Crippen LogP contribution in [0.25, 0.3) is 0 Å². The molecule has 3 rings (SSSR count). The second kappa shape index (κ2) is 7.71. The fraction of sp³-hybridized carbons (Fsp3) is 0.947. The molecule has 0 aromatic carbocycles. The van der Waals surface area contributed by atoms with Crippen molar-refractivity contribution < 1.29 is 9.90 Å². The third-order valence-electron chi connectivity index (χ3n) is 6.40. The van der Waals surface area contributed by atoms with E-state index >= 15 is 0 Å². The number of nitrogens with zero attached hydrogens (tertiary/aromatic N) is 3. The molecule has 2 atom stereocenters. The van der Waals surface area contributed by atoms with Gasteiger partial charge in [0.15, 0.2) is 0 Å². The van der Waals surface area contributed by atoms with Crippen molar-refractivity contribution in [3.05, 3.63) is 0 Å². The van der Waals surface area contributed by atoms with Crippen LogP contribution in [0.3, 0.4) is 0 Å². The number of aliphatic hydroxyl groups is 1. The summed E-state index contributed by atoms with van der Waals surface area (Å²) in [5.74, 6) is 0.846. The van der Waals surface area contributed by atoms with Crippen molar-refractivity contribution in [1.82, 2.24) is 14.7 Å². The van der Waals surface area contributed by atoms with Gasteiger partial charge < -0.3 is 10.0 Å². The maximum atomic E-state index is 11.6. The minimum atomic E-state index is -0.447. The lowest BCUT2D eigenvalue weighted by Crippen LogP contribution is -2.46. The molecule has 5 heteroatoms. The van der Waals surface area contributed by atoms with E-state index in [9.17, 15) is 9.90 Å². The molecule has 1 amide bonds. The van der Waals surface area contributed by atoms with Gasteiger partial charge in [0.05, 0.1) is 5.60 Å². The van der Waals surface area contributed by atoms with Gasteiger partial charge in [0, 0.05) is 58.8 Å². The second-order valence-corrected chi connectivity index (χ2v) is 8.42. The van der Waals surface area contributed by atoms with E-state index in [-0.39, 0.29) is 5.91 Å². The number of carbonyl (C=O) groups excluding carboxylic acids is 1. The highest BCUT2D eigenvalue weighted by atomic mass is 16.3. The van der Waals surface area contributed by atoms with Gasteiger partial charge in [-0.15, -0.1) is 0 Å². The number of hydrogen-bond acceptors (Lipinski definition) is 4. The largest absolute Gasteiger partial charge is 0.389 e. The molecule has 5 nitrogen and oxygen atoms in total. The summed E-state index contributed by atoms with van der Waals surface area (Å²) in [5, 5.41) is 10.9. The first-order valence-corrected chi connectivity index (χ1v) is 9.91. The number of carbonyl (C=O) groups is 1. The zero-order valence-corrected chi connectivity index (χ0v) is 15.5. The topological polar surface area (TPSA) is 47.0 Å². The molecule has 3 aliphatic rings. The number of hydrogen-bond donors (Lipinski definition) is 1. The van der Waals surface area contributed by atoms with Crippen LogP contribution in [0.2, 0.25) is 0 Å². The van der Waals surface area contributed by atoms with Crippen LogP contribution in [0.15, 0.2) is 0 Å². The van der Waals surface area contributed by atoms with Crippen molar-refractivity contribution in [1.29, 1.82) is 0 Å². The lowest BCUT2D eigenvalue weighted by molar-refractivity contribution is -0.128. The van der Waals surface area contributed by atoms with Gasteiger partial charge in [-0.25, -0.2) is 0 Å². The van der Waals surface area contributed by atoms with Gasteiger partial charge in [-0.05, 0) is 25.2 Å². The Balaban J connectivity index is 1.54. The van der Waals surface area contributed by atoms with Crippen molar-refractivity contribution >= 4 is 5.91 Å². The lowest BCUT2D eigenvalue weighted by Gasteiger charge is -2.36. The van der Waals surface area contributed by atoms with Gasteiger partial charge in [-0.2, -0.15) is 0 Å². The molecule has 2 heterocycles. The van der Waals surface area contributed by atoms with Crippen LogP contribution in [0.4, 0.5) is 0 Å². The zero-order chi connectivity index (χ0) is 17.2. The monoisotopic (exact) mass is 337 g/mol. The highest BCUT2D eigenvalue weighted by molar-refractivity contribution is 5.73. The van der Waals surface area contributed by atoms with Crippen molar-refractivity contribution in [2.24, 2.45) is 5.92 Å². The first-order valence-electron chi connectivity index (χ1n) is 9.91. The molecule has 1 N–H and O–H groups in total. The molecule has 0 bridgehead atoms. The lowest BCUT2D eigenvalue weighted by atomic mass is 9.84. The third-order valence-corrected chi connectivity index (χ3v) is 6.40. The molecule has 0 aromatic heterocycles. The summed E-state index contributed by atoms with van der Waals surface area (Å²) in [6, 6.07) is 0.573. The molecular weight excluding hydrogens is 302 g/mol. The molecule has 24 heavy (non-hydrogen) atoms. The highest BCUT2D eigenvalue weighted by Gasteiger charge is 2.39. The summed E-state index contributed by atoms with van der Waals surface area (Å²) in [4.78, 5) is 18.7. The number of rotatable bonds is 3. The minimum absolute atomic E-state index is 0.206. The molecule has 1 aliphatic carbocycles. The Kier molecular flexibility index (Phi) is 5.83. The minimum Gasteiger partial charge on any atom is -0.389 e. The van der Waals surface area contributed by atoms with Crippen molar-refractivity contribution in [3.63, 3.8) is 0 Å². The van der Waals surface area contributed by atoms with Gasteiger partial charge >= 0.3 is 0 Å². The van der Waals surface area contributed by atoms with Crippen LogP contribution < -0.4 is 0 Å². The van der Waals surface area contributed by atoms with E-state index in [1.165, 1.54) is 19.3 Å². The second-order valence-electron chi connectivity index (χ2n) is 8.42. The van der Waals surface area contributed by atoms with E-state index in [4.69, 9.17) is 0 Å². The van der Waals surface area contributed by atoms with Crippen molar-refractivity contribution in [3.8, 4) is 0 Å². The normalized spacial score (nSPS) is 32.7. The Labute approximate surface area is 147 Å². The van der Waals surface area contributed by atoms with Crippen LogP contribution in [0, 0.1) is 5.92 Å². The zero-order valence-electron chi connectivity index (χ0n) is 15.5. The Morgan fingerprint density at radius 1 is 1.04 bits per heavy atom. The molecule has 2 saturated heterocycles. The molecule has 2 aliphatic heterocycles. The fourth-order valence-corrected chi connectivity index (χ4v) is 5.02. The molecule has 0 spiro atoms. The number of amides is 1. The number of likely N-dealkylation sites (tertiary alicyclic amines) is 1. The highest BCUT2D eigenvalue weighted by Crippen LogP contribution is 2.31. The van der Waals surface area contributed by atoms with E-state index in [0.29, 0.717) is 12.0 Å². The van der Waals surface area contributed by atoms with Gasteiger partial charge in [0.25, 0.3) is 0 Å². The van der Waals surface area contributed by atoms with Crippen molar-refractivity contribution in [2.75, 3.05) is 45.8 Å². The van der Waals surface area contributed by atoms with E-state index in [1.807, 2.05) is 4.90 Å². The van der Waals surface area contributed by atoms with Crippen LogP contribution in [-0.2, 0) is 4.79 Å². The summed E-state index contributed by atoms with van der Waals surface area (Å²) < 4.78 is 0. The maximum absolute atomic E-state index is 11.6. The van der Waals surface area contributed by atoms with Crippen LogP contribution in [-0.4, -0.2) is 83.2 Å². The van der Waals surface area contributed by atoms with Crippen molar-refractivity contribution in [2.45, 2.75) is 64.0 Å². The van der Waals surface area contributed by atoms with E-state index < -0.39 is 5.60 Å². The first kappa shape index (κ1) is 18.2. The molecule has 3 fully saturated rings. The summed E-state index contributed by atoms with van der Waals surface area (Å²) >= 11 is 0. The maximum Gasteiger partial charge on any atom is 0.219 e. The van der Waals surface area contributed by atoms with Gasteiger partial charge in [-0.3, -0.25) is 14.6 Å². The van der Waals surface area contributed by atoms with E-state index in [0.717, 1.165) is 65.1 Å². The van der Waals surface area contributed by atoms with Crippen LogP contribution in [0.1, 0.15) is 52.4 Å². The molecule has 0 unspecified atom stereocenters. The summed E-state index contributed by atoms with van der Waals surface area (Å²) in [5.41, 5.74) is -0.447. The summed E-state index contributed by atoms with van der Waals surface area (Å²) in [7, 11) is 0. The van der Waals surface area contributed by atoms with Crippen LogP contribution >= 0.6 is 0 Å². The Morgan fingerprint density at radius 3 is 2.50 bits per heavy atom. The molecule has 0 aromatic rings. The Hall–Kier alpha value is -0.650. The fourth-order valence-electron chi connectivity index (χ4n) is 5.02. The SMILES string of the molecule is CC(=O)N1CCCN([C@H]2CN(CC3(O)CCCCC3)C[C@H]2C)CC1. The smallest absolute Gasteiger partial charge is 0.219 e. The molecule has 1 saturated carbocycles. The summed E-state index contributed by atoms with van der Waals surface area (Å²) in [6.07, 6.45) is 6.65. The van der Waals surface area contributed by atoms with Crippen LogP contribution in [0.5, 0.6) is 0 Å². The third kappa shape index (κ3) is 4.30. The molecule has 0 radical (unpaired) electrons. The van der Waals surface area contributed by atoms with E-state index in [2.05, 4.69) is 16.7 Å². The predicted octanol–water partition coefficient (Wildman–Crippen LogP) is 1.56. The molecule has 138 valence electrons. The Morgan fingerprint density at radius 2 is 1.79 bits per heavy atom. The van der Waals surface area contributed by atoms with Gasteiger partial charge in [0.1, 0.15) is 0 Å². The first-order chi connectivity index (χ1) is 11.5. The van der Waals surface area contributed by atoms with E-state index in [1.54, 1.807) is 6.92 Å². The standard InChI is InChI=1S/C19H35N3O2/c1-16-13-20(15-19(24)7-4-3-5-8-19)14-18(16)22-10-6-9-21(11-12-22)17(2)23/h16,18,24H,3-15H2,1-2H3/t16-,18+/m1/s1. The summed E-state index contributed by atoms with van der Waals surface area (Å²) in [6.45, 7) is 10.9. The number of β-amino-alcohol motifs (C(OH)–C–C–N with tert-alkyl or cyclic N) is 1. The quantitative estimate of drug-likeness (QED) is 0.849. The predicted molar refractivity (Wildman–Crippen MR) is 95.9 cm³/mol. The van der Waals surface area contributed by atoms with Gasteiger partial charge in [-0.1, -0.05) is 26.2 Å². The van der Waals surface area contributed by atoms with Gasteiger partial charge in [0.2, 0.25) is 5.91 Å². The molecular formula is C19H35N3O2. The Bertz CT molecular complexity index is 436.